The second-order valence-electron chi connectivity index (χ2n) is 1.86. The molecule has 0 unspecified atom stereocenters. The maximum absolute atomic E-state index is 8.33. The van der Waals surface area contributed by atoms with Crippen molar-refractivity contribution in [3.63, 3.8) is 0 Å². The monoisotopic (exact) mass is 135 g/mol. The van der Waals surface area contributed by atoms with Gasteiger partial charge in [0.25, 0.3) is 0 Å². The SMILES string of the molecule is OC/N=C/c1ccccc1. The van der Waals surface area contributed by atoms with Crippen LogP contribution < -0.4 is 0 Å². The third kappa shape index (κ3) is 1.99. The van der Waals surface area contributed by atoms with E-state index in [1.807, 2.05) is 30.3 Å². The molecule has 52 valence electrons. The molecule has 1 aromatic rings. The molecule has 0 aliphatic heterocycles. The van der Waals surface area contributed by atoms with Crippen LogP contribution in [0.25, 0.3) is 0 Å². The van der Waals surface area contributed by atoms with E-state index in [9.17, 15) is 0 Å². The number of hydrogen-bond donors (Lipinski definition) is 1. The largest absolute Gasteiger partial charge is 0.375 e. The molecule has 0 aliphatic carbocycles. The average Bonchev–Trinajstić information content (AvgIpc) is 2.03. The first kappa shape index (κ1) is 6.96. The summed E-state index contributed by atoms with van der Waals surface area (Å²) in [5.41, 5.74) is 1.01. The first-order chi connectivity index (χ1) is 4.93. The van der Waals surface area contributed by atoms with Crippen molar-refractivity contribution in [2.45, 2.75) is 0 Å². The fourth-order valence-electron chi connectivity index (χ4n) is 0.685. The molecule has 1 aromatic carbocycles. The third-order valence-electron chi connectivity index (χ3n) is 1.12. The van der Waals surface area contributed by atoms with Gasteiger partial charge in [0.15, 0.2) is 0 Å². The van der Waals surface area contributed by atoms with Gasteiger partial charge in [0, 0.05) is 6.21 Å². The van der Waals surface area contributed by atoms with Crippen LogP contribution in [-0.4, -0.2) is 18.1 Å². The summed E-state index contributed by atoms with van der Waals surface area (Å²) in [5.74, 6) is 0. The zero-order valence-corrected chi connectivity index (χ0v) is 5.57. The van der Waals surface area contributed by atoms with E-state index in [-0.39, 0.29) is 6.73 Å². The highest BCUT2D eigenvalue weighted by Crippen LogP contribution is 1.92. The van der Waals surface area contributed by atoms with E-state index in [1.54, 1.807) is 6.21 Å². The Morgan fingerprint density at radius 2 is 2.00 bits per heavy atom. The summed E-state index contributed by atoms with van der Waals surface area (Å²) in [6.45, 7) is -0.144. The van der Waals surface area contributed by atoms with Crippen molar-refractivity contribution < 1.29 is 5.11 Å². The molecular weight excluding hydrogens is 126 g/mol. The van der Waals surface area contributed by atoms with Gasteiger partial charge in [-0.25, -0.2) is 0 Å². The quantitative estimate of drug-likeness (QED) is 0.604. The summed E-state index contributed by atoms with van der Waals surface area (Å²) < 4.78 is 0. The minimum Gasteiger partial charge on any atom is -0.375 e. The van der Waals surface area contributed by atoms with Gasteiger partial charge in [0.2, 0.25) is 0 Å². The van der Waals surface area contributed by atoms with Gasteiger partial charge in [0.05, 0.1) is 0 Å². The minimum absolute atomic E-state index is 0.144. The second-order valence-corrected chi connectivity index (χ2v) is 1.86. The molecule has 2 heteroatoms. The van der Waals surface area contributed by atoms with Crippen LogP contribution in [0.5, 0.6) is 0 Å². The summed E-state index contributed by atoms with van der Waals surface area (Å²) in [4.78, 5) is 3.67. The van der Waals surface area contributed by atoms with E-state index in [1.165, 1.54) is 0 Å². The van der Waals surface area contributed by atoms with E-state index in [0.29, 0.717) is 0 Å². The predicted octanol–water partition coefficient (Wildman–Crippen LogP) is 1.06. The van der Waals surface area contributed by atoms with Crippen molar-refractivity contribution >= 4 is 6.21 Å². The molecule has 10 heavy (non-hydrogen) atoms. The van der Waals surface area contributed by atoms with Crippen LogP contribution in [0.15, 0.2) is 35.3 Å². The van der Waals surface area contributed by atoms with E-state index in [0.717, 1.165) is 5.56 Å². The molecule has 0 atom stereocenters. The number of aliphatic hydroxyl groups is 1. The first-order valence-corrected chi connectivity index (χ1v) is 3.09. The summed E-state index contributed by atoms with van der Waals surface area (Å²) >= 11 is 0. The van der Waals surface area contributed by atoms with Crippen LogP contribution in [0.2, 0.25) is 0 Å². The molecule has 1 N–H and O–H groups in total. The lowest BCUT2D eigenvalue weighted by atomic mass is 10.2. The molecule has 2 nitrogen and oxygen atoms in total. The van der Waals surface area contributed by atoms with Crippen molar-refractivity contribution in [1.82, 2.24) is 0 Å². The lowest BCUT2D eigenvalue weighted by Crippen LogP contribution is -1.80. The molecule has 0 bridgehead atoms. The summed E-state index contributed by atoms with van der Waals surface area (Å²) in [5, 5.41) is 8.33. The Labute approximate surface area is 59.9 Å². The highest BCUT2D eigenvalue weighted by Gasteiger charge is 1.80. The fourth-order valence-corrected chi connectivity index (χ4v) is 0.685. The zero-order valence-electron chi connectivity index (χ0n) is 5.57. The summed E-state index contributed by atoms with van der Waals surface area (Å²) in [6, 6.07) is 9.66. The molecule has 0 saturated carbocycles. The van der Waals surface area contributed by atoms with Crippen molar-refractivity contribution in [1.29, 1.82) is 0 Å². The standard InChI is InChI=1S/C8H9NO/c10-7-9-6-8-4-2-1-3-5-8/h1-6,10H,7H2/b9-6+. The topological polar surface area (TPSA) is 32.6 Å². The third-order valence-corrected chi connectivity index (χ3v) is 1.12. The highest BCUT2D eigenvalue weighted by atomic mass is 16.3. The first-order valence-electron chi connectivity index (χ1n) is 3.09. The van der Waals surface area contributed by atoms with Gasteiger partial charge in [-0.2, -0.15) is 0 Å². The van der Waals surface area contributed by atoms with Crippen LogP contribution in [-0.2, 0) is 0 Å². The molecule has 0 aliphatic rings. The number of hydrogen-bond acceptors (Lipinski definition) is 2. The Balaban J connectivity index is 2.67. The molecule has 1 rings (SSSR count). The van der Waals surface area contributed by atoms with E-state index in [2.05, 4.69) is 4.99 Å². The number of nitrogens with zero attached hydrogens (tertiary/aromatic N) is 1. The maximum Gasteiger partial charge on any atom is 0.134 e. The number of benzene rings is 1. The van der Waals surface area contributed by atoms with Crippen molar-refractivity contribution in [3.8, 4) is 0 Å². The molecule has 0 radical (unpaired) electrons. The molecule has 0 spiro atoms. The normalized spacial score (nSPS) is 10.5. The predicted molar refractivity (Wildman–Crippen MR) is 41.1 cm³/mol. The molecule has 0 aromatic heterocycles. The van der Waals surface area contributed by atoms with Crippen molar-refractivity contribution in [2.24, 2.45) is 4.99 Å². The molecule has 0 amide bonds. The Morgan fingerprint density at radius 3 is 2.60 bits per heavy atom. The van der Waals surface area contributed by atoms with Crippen LogP contribution >= 0.6 is 0 Å². The Kier molecular flexibility index (Phi) is 2.64. The Hall–Kier alpha value is -1.15. The fraction of sp³-hybridized carbons (Fsp3) is 0.125. The molecular formula is C8H9NO. The van der Waals surface area contributed by atoms with Gasteiger partial charge >= 0.3 is 0 Å². The van der Waals surface area contributed by atoms with Gasteiger partial charge in [0.1, 0.15) is 6.73 Å². The summed E-state index contributed by atoms with van der Waals surface area (Å²) in [7, 11) is 0. The van der Waals surface area contributed by atoms with Gasteiger partial charge in [-0.1, -0.05) is 30.3 Å². The van der Waals surface area contributed by atoms with Crippen molar-refractivity contribution in [3.05, 3.63) is 35.9 Å². The maximum atomic E-state index is 8.33. The highest BCUT2D eigenvalue weighted by molar-refractivity contribution is 5.79. The van der Waals surface area contributed by atoms with Gasteiger partial charge in [-0.15, -0.1) is 0 Å². The van der Waals surface area contributed by atoms with E-state index >= 15 is 0 Å². The van der Waals surface area contributed by atoms with Gasteiger partial charge in [-0.3, -0.25) is 4.99 Å². The lowest BCUT2D eigenvalue weighted by molar-refractivity contribution is 0.310. The van der Waals surface area contributed by atoms with Crippen LogP contribution in [0.4, 0.5) is 0 Å². The molecule has 0 heterocycles. The van der Waals surface area contributed by atoms with Crippen molar-refractivity contribution in [2.75, 3.05) is 6.73 Å². The van der Waals surface area contributed by atoms with Gasteiger partial charge in [-0.05, 0) is 5.56 Å². The minimum atomic E-state index is -0.144. The number of rotatable bonds is 2. The molecule has 0 fully saturated rings. The summed E-state index contributed by atoms with van der Waals surface area (Å²) in [6.07, 6.45) is 1.64. The molecule has 0 saturated heterocycles. The van der Waals surface area contributed by atoms with E-state index < -0.39 is 0 Å². The average molecular weight is 135 g/mol. The van der Waals surface area contributed by atoms with Crippen LogP contribution in [0.3, 0.4) is 0 Å². The van der Waals surface area contributed by atoms with E-state index in [4.69, 9.17) is 5.11 Å². The van der Waals surface area contributed by atoms with Gasteiger partial charge < -0.3 is 5.11 Å². The second kappa shape index (κ2) is 3.80. The van der Waals surface area contributed by atoms with Crippen LogP contribution in [0.1, 0.15) is 5.56 Å². The Morgan fingerprint density at radius 1 is 1.30 bits per heavy atom. The zero-order chi connectivity index (χ0) is 7.23. The van der Waals surface area contributed by atoms with Crippen LogP contribution in [0, 0.1) is 0 Å². The number of aliphatic imine (C=N–C) groups is 1. The number of aliphatic hydroxyl groups excluding tert-OH is 1. The Bertz CT molecular complexity index is 206. The lowest BCUT2D eigenvalue weighted by Gasteiger charge is -1.87. The smallest absolute Gasteiger partial charge is 0.134 e.